The van der Waals surface area contributed by atoms with Gasteiger partial charge in [-0.3, -0.25) is 9.69 Å². The van der Waals surface area contributed by atoms with E-state index in [9.17, 15) is 19.8 Å². The molecule has 0 radical (unpaired) electrons. The van der Waals surface area contributed by atoms with Gasteiger partial charge >= 0.3 is 6.03 Å². The zero-order chi connectivity index (χ0) is 28.2. The molecular formula is C31H35N5O4. The van der Waals surface area contributed by atoms with Gasteiger partial charge in [-0.2, -0.15) is 0 Å². The largest absolute Gasteiger partial charge is 0.502 e. The Morgan fingerprint density at radius 1 is 0.975 bits per heavy atom. The second-order valence-corrected chi connectivity index (χ2v) is 10.8. The molecule has 0 aliphatic carbocycles. The van der Waals surface area contributed by atoms with Crippen molar-refractivity contribution in [3.8, 4) is 17.6 Å². The predicted molar refractivity (Wildman–Crippen MR) is 151 cm³/mol. The Morgan fingerprint density at radius 3 is 2.23 bits per heavy atom. The molecule has 208 valence electrons. The van der Waals surface area contributed by atoms with E-state index in [0.717, 1.165) is 49.2 Å². The zero-order valence-electron chi connectivity index (χ0n) is 22.9. The number of aliphatic hydroxyl groups excluding tert-OH is 1. The van der Waals surface area contributed by atoms with Crippen molar-refractivity contribution in [3.63, 3.8) is 0 Å². The summed E-state index contributed by atoms with van der Waals surface area (Å²) in [6.45, 7) is 7.15. The number of piperidine rings is 1. The standard InChI is InChI=1S/C31H35N5O4/c1-21(2)36-28(19-35(31(36)40)18-27-29(38)30(39)33-20-32-27)25-11-9-23(10-12-25)4-3-22-5-7-24(8-6-22)17-34-15-13-26(37)14-16-34/h5-12,20-21,26,28,37-38H,13-19H2,1-2H3,(H,32,33,39). The molecule has 1 aromatic heterocycles. The fourth-order valence-electron chi connectivity index (χ4n) is 5.34. The highest BCUT2D eigenvalue weighted by molar-refractivity contribution is 5.78. The maximum absolute atomic E-state index is 13.2. The van der Waals surface area contributed by atoms with Crippen LogP contribution in [0.1, 0.15) is 60.7 Å². The van der Waals surface area contributed by atoms with Gasteiger partial charge in [0.05, 0.1) is 25.0 Å². The van der Waals surface area contributed by atoms with Crippen molar-refractivity contribution >= 4 is 6.03 Å². The Bertz CT molecular complexity index is 1450. The maximum Gasteiger partial charge on any atom is 0.321 e. The number of likely N-dealkylation sites (tertiary alicyclic amines) is 1. The molecule has 0 saturated carbocycles. The number of urea groups is 1. The zero-order valence-corrected chi connectivity index (χ0v) is 22.9. The number of carbonyl (C=O) groups is 1. The van der Waals surface area contributed by atoms with E-state index in [4.69, 9.17) is 0 Å². The first-order valence-corrected chi connectivity index (χ1v) is 13.7. The number of aromatic hydroxyl groups is 1. The molecule has 9 heteroatoms. The molecule has 2 fully saturated rings. The van der Waals surface area contributed by atoms with Gasteiger partial charge in [0, 0.05) is 43.3 Å². The van der Waals surface area contributed by atoms with E-state index >= 15 is 0 Å². The molecule has 1 unspecified atom stereocenters. The summed E-state index contributed by atoms with van der Waals surface area (Å²) in [6, 6.07) is 15.9. The SMILES string of the molecule is CC(C)N1C(=O)N(Cc2nc[nH]c(=O)c2O)CC1c1ccc(C#Cc2ccc(CN3CCC(O)CC3)cc2)cc1. The van der Waals surface area contributed by atoms with Crippen molar-refractivity contribution in [2.75, 3.05) is 19.6 Å². The summed E-state index contributed by atoms with van der Waals surface area (Å²) in [5.41, 5.74) is 3.61. The van der Waals surface area contributed by atoms with Crippen LogP contribution in [-0.4, -0.2) is 72.7 Å². The van der Waals surface area contributed by atoms with Crippen molar-refractivity contribution in [1.29, 1.82) is 0 Å². The Hall–Kier alpha value is -4.13. The predicted octanol–water partition coefficient (Wildman–Crippen LogP) is 3.22. The average Bonchev–Trinajstić information content (AvgIpc) is 3.28. The minimum absolute atomic E-state index is 0.0350. The van der Waals surface area contributed by atoms with Gasteiger partial charge in [-0.15, -0.1) is 0 Å². The summed E-state index contributed by atoms with van der Waals surface area (Å²) in [5.74, 6) is 6.01. The van der Waals surface area contributed by atoms with Gasteiger partial charge in [0.1, 0.15) is 5.69 Å². The lowest BCUT2D eigenvalue weighted by Gasteiger charge is -2.29. The number of hydrogen-bond donors (Lipinski definition) is 3. The summed E-state index contributed by atoms with van der Waals surface area (Å²) in [5, 5.41) is 19.8. The van der Waals surface area contributed by atoms with Crippen molar-refractivity contribution in [1.82, 2.24) is 24.7 Å². The van der Waals surface area contributed by atoms with Crippen LogP contribution in [0.15, 0.2) is 59.7 Å². The number of aromatic amines is 1. The molecule has 9 nitrogen and oxygen atoms in total. The second-order valence-electron chi connectivity index (χ2n) is 10.8. The van der Waals surface area contributed by atoms with Crippen LogP contribution in [0.2, 0.25) is 0 Å². The van der Waals surface area contributed by atoms with Gasteiger partial charge in [0.15, 0.2) is 0 Å². The lowest BCUT2D eigenvalue weighted by molar-refractivity contribution is 0.0792. The Labute approximate surface area is 234 Å². The van der Waals surface area contributed by atoms with Gasteiger partial charge in [-0.05, 0) is 62.1 Å². The third kappa shape index (κ3) is 6.19. The van der Waals surface area contributed by atoms with Crippen LogP contribution in [0.4, 0.5) is 4.79 Å². The number of hydrogen-bond acceptors (Lipinski definition) is 6. The van der Waals surface area contributed by atoms with Crippen LogP contribution in [0.3, 0.4) is 0 Å². The first-order valence-electron chi connectivity index (χ1n) is 13.7. The Balaban J connectivity index is 1.24. The molecule has 40 heavy (non-hydrogen) atoms. The number of nitrogens with one attached hydrogen (secondary N) is 1. The van der Waals surface area contributed by atoms with Crippen LogP contribution in [0.25, 0.3) is 0 Å². The molecule has 3 heterocycles. The normalized spacial score (nSPS) is 18.3. The van der Waals surface area contributed by atoms with Gasteiger partial charge in [-0.25, -0.2) is 9.78 Å². The van der Waals surface area contributed by atoms with Crippen molar-refractivity contribution in [3.05, 3.63) is 93.2 Å². The van der Waals surface area contributed by atoms with Gasteiger partial charge in [-0.1, -0.05) is 36.1 Å². The summed E-state index contributed by atoms with van der Waals surface area (Å²) in [4.78, 5) is 37.2. The highest BCUT2D eigenvalue weighted by Crippen LogP contribution is 2.33. The van der Waals surface area contributed by atoms with Crippen molar-refractivity contribution < 1.29 is 15.0 Å². The highest BCUT2D eigenvalue weighted by atomic mass is 16.3. The number of carbonyl (C=O) groups excluding carboxylic acids is 1. The molecule has 0 bridgehead atoms. The van der Waals surface area contributed by atoms with E-state index in [2.05, 4.69) is 38.8 Å². The molecule has 2 aliphatic rings. The molecular weight excluding hydrogens is 506 g/mol. The fraction of sp³-hybridized carbons (Fsp3) is 0.387. The minimum atomic E-state index is -0.625. The lowest BCUT2D eigenvalue weighted by Crippen LogP contribution is -2.37. The highest BCUT2D eigenvalue weighted by Gasteiger charge is 2.40. The van der Waals surface area contributed by atoms with Crippen LogP contribution in [-0.2, 0) is 13.1 Å². The summed E-state index contributed by atoms with van der Waals surface area (Å²) in [6.07, 6.45) is 2.75. The number of aliphatic hydroxyl groups is 1. The molecule has 0 spiro atoms. The number of aromatic nitrogens is 2. The minimum Gasteiger partial charge on any atom is -0.502 e. The maximum atomic E-state index is 13.2. The van der Waals surface area contributed by atoms with Crippen molar-refractivity contribution in [2.45, 2.75) is 58.0 Å². The second kappa shape index (κ2) is 11.9. The monoisotopic (exact) mass is 541 g/mol. The first-order chi connectivity index (χ1) is 19.3. The molecule has 2 saturated heterocycles. The summed E-state index contributed by atoms with van der Waals surface area (Å²) >= 11 is 0. The van der Waals surface area contributed by atoms with E-state index in [-0.39, 0.29) is 36.5 Å². The third-order valence-corrected chi connectivity index (χ3v) is 7.59. The number of amides is 2. The Kier molecular flexibility index (Phi) is 8.19. The van der Waals surface area contributed by atoms with Crippen LogP contribution in [0, 0.1) is 11.8 Å². The Morgan fingerprint density at radius 2 is 1.60 bits per heavy atom. The van der Waals surface area contributed by atoms with Crippen LogP contribution >= 0.6 is 0 Å². The molecule has 3 aromatic rings. The van der Waals surface area contributed by atoms with E-state index < -0.39 is 11.3 Å². The van der Waals surface area contributed by atoms with E-state index in [1.807, 2.05) is 55.1 Å². The average molecular weight is 542 g/mol. The topological polar surface area (TPSA) is 113 Å². The summed E-state index contributed by atoms with van der Waals surface area (Å²) < 4.78 is 0. The fourth-order valence-corrected chi connectivity index (χ4v) is 5.34. The number of H-pyrrole nitrogens is 1. The number of nitrogens with zero attached hydrogens (tertiary/aromatic N) is 4. The van der Waals surface area contributed by atoms with Gasteiger partial charge in [0.25, 0.3) is 5.56 Å². The molecule has 2 amide bonds. The number of benzene rings is 2. The molecule has 1 atom stereocenters. The first kappa shape index (κ1) is 27.4. The van der Waals surface area contributed by atoms with Crippen LogP contribution < -0.4 is 5.56 Å². The van der Waals surface area contributed by atoms with E-state index in [1.54, 1.807) is 4.90 Å². The smallest absolute Gasteiger partial charge is 0.321 e. The van der Waals surface area contributed by atoms with E-state index in [0.29, 0.717) is 6.54 Å². The number of rotatable bonds is 6. The van der Waals surface area contributed by atoms with Crippen LogP contribution in [0.5, 0.6) is 5.75 Å². The van der Waals surface area contributed by atoms with E-state index in [1.165, 1.54) is 11.9 Å². The quantitative estimate of drug-likeness (QED) is 0.413. The van der Waals surface area contributed by atoms with Crippen molar-refractivity contribution in [2.24, 2.45) is 0 Å². The third-order valence-electron chi connectivity index (χ3n) is 7.59. The molecule has 5 rings (SSSR count). The molecule has 3 N–H and O–H groups in total. The molecule has 2 aromatic carbocycles. The van der Waals surface area contributed by atoms with Gasteiger partial charge < -0.3 is 25.0 Å². The molecule has 2 aliphatic heterocycles. The van der Waals surface area contributed by atoms with Gasteiger partial charge in [0.2, 0.25) is 5.75 Å². The summed E-state index contributed by atoms with van der Waals surface area (Å²) in [7, 11) is 0. The lowest BCUT2D eigenvalue weighted by atomic mass is 10.0.